The van der Waals surface area contributed by atoms with Gasteiger partial charge in [-0.2, -0.15) is 5.48 Å². The molecule has 0 amide bonds. The lowest BCUT2D eigenvalue weighted by atomic mass is 10.1. The zero-order valence-electron chi connectivity index (χ0n) is 9.26. The van der Waals surface area contributed by atoms with Crippen LogP contribution >= 0.6 is 11.6 Å². The van der Waals surface area contributed by atoms with Gasteiger partial charge in [0.15, 0.2) is 0 Å². The van der Waals surface area contributed by atoms with Crippen molar-refractivity contribution in [2.24, 2.45) is 0 Å². The van der Waals surface area contributed by atoms with Crippen LogP contribution in [0.15, 0.2) is 12.1 Å². The van der Waals surface area contributed by atoms with E-state index in [1.165, 1.54) is 0 Å². The molecular weight excluding hydrogens is 214 g/mol. The second kappa shape index (κ2) is 5.95. The summed E-state index contributed by atoms with van der Waals surface area (Å²) < 4.78 is 5.28. The van der Waals surface area contributed by atoms with E-state index in [4.69, 9.17) is 21.2 Å². The largest absolute Gasteiger partial charge is 0.496 e. The van der Waals surface area contributed by atoms with Crippen LogP contribution in [0.5, 0.6) is 5.75 Å². The van der Waals surface area contributed by atoms with Crippen molar-refractivity contribution < 1.29 is 9.57 Å². The normalized spacial score (nSPS) is 10.4. The van der Waals surface area contributed by atoms with E-state index in [1.54, 1.807) is 14.2 Å². The minimum atomic E-state index is 0.608. The number of benzene rings is 1. The van der Waals surface area contributed by atoms with E-state index in [1.807, 2.05) is 12.1 Å². The molecule has 1 aromatic carbocycles. The van der Waals surface area contributed by atoms with Crippen LogP contribution in [0.1, 0.15) is 18.1 Å². The van der Waals surface area contributed by atoms with Gasteiger partial charge in [-0.15, -0.1) is 0 Å². The third-order valence-corrected chi connectivity index (χ3v) is 2.55. The van der Waals surface area contributed by atoms with E-state index in [0.29, 0.717) is 6.54 Å². The number of ether oxygens (including phenoxy) is 1. The van der Waals surface area contributed by atoms with Crippen molar-refractivity contribution in [3.63, 3.8) is 0 Å². The zero-order valence-corrected chi connectivity index (χ0v) is 10.0. The Morgan fingerprint density at radius 2 is 2.07 bits per heavy atom. The number of hydroxylamine groups is 1. The molecular formula is C11H16ClNO2. The molecule has 0 atom stereocenters. The van der Waals surface area contributed by atoms with Gasteiger partial charge in [-0.3, -0.25) is 0 Å². The molecule has 0 saturated heterocycles. The summed E-state index contributed by atoms with van der Waals surface area (Å²) in [5.41, 5.74) is 4.85. The molecule has 3 nitrogen and oxygen atoms in total. The lowest BCUT2D eigenvalue weighted by Crippen LogP contribution is -2.11. The van der Waals surface area contributed by atoms with Gasteiger partial charge in [-0.05, 0) is 24.1 Å². The van der Waals surface area contributed by atoms with Gasteiger partial charge in [0.2, 0.25) is 0 Å². The van der Waals surface area contributed by atoms with Crippen molar-refractivity contribution in [1.29, 1.82) is 0 Å². The fourth-order valence-corrected chi connectivity index (χ4v) is 1.81. The molecule has 4 heteroatoms. The summed E-state index contributed by atoms with van der Waals surface area (Å²) >= 11 is 6.14. The first-order chi connectivity index (χ1) is 7.22. The molecule has 0 aliphatic carbocycles. The maximum atomic E-state index is 6.14. The number of rotatable bonds is 5. The summed E-state index contributed by atoms with van der Waals surface area (Å²) in [7, 11) is 3.23. The Bertz CT molecular complexity index is 329. The van der Waals surface area contributed by atoms with Crippen LogP contribution < -0.4 is 10.2 Å². The fourth-order valence-electron chi connectivity index (χ4n) is 1.45. The average Bonchev–Trinajstić information content (AvgIpc) is 2.25. The Hall–Kier alpha value is -0.770. The Morgan fingerprint density at radius 1 is 1.33 bits per heavy atom. The highest BCUT2D eigenvalue weighted by atomic mass is 35.5. The van der Waals surface area contributed by atoms with E-state index >= 15 is 0 Å². The first-order valence-corrected chi connectivity index (χ1v) is 5.21. The molecule has 0 heterocycles. The van der Waals surface area contributed by atoms with Crippen molar-refractivity contribution in [1.82, 2.24) is 5.48 Å². The number of methoxy groups -OCH3 is 1. The Morgan fingerprint density at radius 3 is 2.60 bits per heavy atom. The summed E-state index contributed by atoms with van der Waals surface area (Å²) in [6.45, 7) is 2.66. The molecule has 0 unspecified atom stereocenters. The van der Waals surface area contributed by atoms with E-state index < -0.39 is 0 Å². The first-order valence-electron chi connectivity index (χ1n) is 4.84. The van der Waals surface area contributed by atoms with Crippen molar-refractivity contribution >= 4 is 11.6 Å². The third-order valence-electron chi connectivity index (χ3n) is 2.21. The predicted octanol–water partition coefficient (Wildman–Crippen LogP) is 2.56. The molecule has 0 radical (unpaired) electrons. The minimum absolute atomic E-state index is 0.608. The Balaban J connectivity index is 2.97. The standard InChI is InChI=1S/C11H16ClNO2/c1-4-9-10(12)5-8(7-13-15-3)6-11(9)14-2/h5-6,13H,4,7H2,1-3H3. The van der Waals surface area contributed by atoms with Gasteiger partial charge in [-0.1, -0.05) is 18.5 Å². The third kappa shape index (κ3) is 3.09. The summed E-state index contributed by atoms with van der Waals surface area (Å²) in [5.74, 6) is 0.831. The maximum absolute atomic E-state index is 6.14. The summed E-state index contributed by atoms with van der Waals surface area (Å²) in [5, 5.41) is 0.741. The molecule has 0 aromatic heterocycles. The van der Waals surface area contributed by atoms with Gasteiger partial charge >= 0.3 is 0 Å². The van der Waals surface area contributed by atoms with Crippen molar-refractivity contribution in [3.8, 4) is 5.75 Å². The quantitative estimate of drug-likeness (QED) is 0.788. The molecule has 0 fully saturated rings. The molecule has 1 aromatic rings. The summed E-state index contributed by atoms with van der Waals surface area (Å²) in [6.07, 6.45) is 0.861. The van der Waals surface area contributed by atoms with Gasteiger partial charge in [0.05, 0.1) is 14.2 Å². The zero-order chi connectivity index (χ0) is 11.3. The van der Waals surface area contributed by atoms with E-state index in [0.717, 1.165) is 28.3 Å². The van der Waals surface area contributed by atoms with Crippen LogP contribution in [0, 0.1) is 0 Å². The van der Waals surface area contributed by atoms with Crippen LogP contribution in [0.2, 0.25) is 5.02 Å². The highest BCUT2D eigenvalue weighted by molar-refractivity contribution is 6.31. The van der Waals surface area contributed by atoms with Crippen molar-refractivity contribution in [2.75, 3.05) is 14.2 Å². The monoisotopic (exact) mass is 229 g/mol. The lowest BCUT2D eigenvalue weighted by molar-refractivity contribution is 0.0867. The Labute approximate surface area is 95.3 Å². The lowest BCUT2D eigenvalue weighted by Gasteiger charge is -2.11. The van der Waals surface area contributed by atoms with E-state index in [9.17, 15) is 0 Å². The molecule has 0 spiro atoms. The van der Waals surface area contributed by atoms with Crippen molar-refractivity contribution in [2.45, 2.75) is 19.9 Å². The van der Waals surface area contributed by atoms with Gasteiger partial charge in [0.25, 0.3) is 0 Å². The van der Waals surface area contributed by atoms with Gasteiger partial charge in [-0.25, -0.2) is 0 Å². The highest BCUT2D eigenvalue weighted by Gasteiger charge is 2.08. The predicted molar refractivity (Wildman–Crippen MR) is 61.2 cm³/mol. The smallest absolute Gasteiger partial charge is 0.123 e. The van der Waals surface area contributed by atoms with Crippen LogP contribution in [-0.4, -0.2) is 14.2 Å². The number of hydrogen-bond donors (Lipinski definition) is 1. The van der Waals surface area contributed by atoms with Crippen molar-refractivity contribution in [3.05, 3.63) is 28.3 Å². The molecule has 0 aliphatic rings. The van der Waals surface area contributed by atoms with E-state index in [2.05, 4.69) is 12.4 Å². The van der Waals surface area contributed by atoms with Gasteiger partial charge < -0.3 is 9.57 Å². The minimum Gasteiger partial charge on any atom is -0.496 e. The number of hydrogen-bond acceptors (Lipinski definition) is 3. The highest BCUT2D eigenvalue weighted by Crippen LogP contribution is 2.28. The van der Waals surface area contributed by atoms with Crippen LogP contribution in [0.4, 0.5) is 0 Å². The summed E-state index contributed by atoms with van der Waals surface area (Å²) in [4.78, 5) is 4.78. The van der Waals surface area contributed by atoms with Crippen LogP contribution in [-0.2, 0) is 17.8 Å². The second-order valence-corrected chi connectivity index (χ2v) is 3.54. The molecule has 1 N–H and O–H groups in total. The maximum Gasteiger partial charge on any atom is 0.123 e. The molecule has 0 saturated carbocycles. The number of halogens is 1. The average molecular weight is 230 g/mol. The summed E-state index contributed by atoms with van der Waals surface area (Å²) in [6, 6.07) is 3.89. The molecule has 84 valence electrons. The van der Waals surface area contributed by atoms with E-state index in [-0.39, 0.29) is 0 Å². The fraction of sp³-hybridized carbons (Fsp3) is 0.455. The molecule has 0 aliphatic heterocycles. The first kappa shape index (κ1) is 12.3. The van der Waals surface area contributed by atoms with Gasteiger partial charge in [0.1, 0.15) is 5.75 Å². The number of nitrogens with one attached hydrogen (secondary N) is 1. The van der Waals surface area contributed by atoms with Crippen LogP contribution in [0.25, 0.3) is 0 Å². The SMILES string of the molecule is CCc1c(Cl)cc(CNOC)cc1OC. The molecule has 0 bridgehead atoms. The van der Waals surface area contributed by atoms with Gasteiger partial charge in [0, 0.05) is 17.1 Å². The topological polar surface area (TPSA) is 30.5 Å². The molecule has 1 rings (SSSR count). The molecule has 15 heavy (non-hydrogen) atoms. The van der Waals surface area contributed by atoms with Crippen LogP contribution in [0.3, 0.4) is 0 Å². The Kier molecular flexibility index (Phi) is 4.88. The second-order valence-electron chi connectivity index (χ2n) is 3.14.